The fraction of sp³-hybridized carbons (Fsp3) is 0.0500. The Bertz CT molecular complexity index is 1290. The molecule has 30 heavy (non-hydrogen) atoms. The van der Waals surface area contributed by atoms with Crippen LogP contribution in [0, 0.1) is 5.82 Å². The number of nitrogens with zero attached hydrogens (tertiary/aromatic N) is 3. The lowest BCUT2D eigenvalue weighted by molar-refractivity contribution is 0.0945. The van der Waals surface area contributed by atoms with E-state index in [0.29, 0.717) is 16.3 Å². The van der Waals surface area contributed by atoms with Gasteiger partial charge in [-0.15, -0.1) is 0 Å². The largest absolute Gasteiger partial charge is 0.383 e. The van der Waals surface area contributed by atoms with Gasteiger partial charge in [-0.3, -0.25) is 9.59 Å². The summed E-state index contributed by atoms with van der Waals surface area (Å²) in [6, 6.07) is 11.4. The van der Waals surface area contributed by atoms with Crippen molar-refractivity contribution in [2.45, 2.75) is 6.54 Å². The number of carbonyl (C=O) groups excluding carboxylic acids is 2. The highest BCUT2D eigenvalue weighted by Gasteiger charge is 2.16. The van der Waals surface area contributed by atoms with Crippen molar-refractivity contribution in [3.05, 3.63) is 71.8 Å². The highest BCUT2D eigenvalue weighted by molar-refractivity contribution is 6.09. The van der Waals surface area contributed by atoms with Crippen LogP contribution < -0.4 is 16.8 Å². The highest BCUT2D eigenvalue weighted by atomic mass is 19.1. The van der Waals surface area contributed by atoms with Crippen LogP contribution in [0.25, 0.3) is 21.9 Å². The molecule has 10 heteroatoms. The molecule has 0 bridgehead atoms. The molecule has 2 amide bonds. The minimum atomic E-state index is -0.858. The molecule has 0 atom stereocenters. The van der Waals surface area contributed by atoms with Crippen molar-refractivity contribution in [2.75, 3.05) is 5.73 Å². The number of anilines is 1. The number of pyridine rings is 1. The number of nitrogens with one attached hydrogen (secondary N) is 1. The number of halogens is 1. The molecule has 4 rings (SSSR count). The summed E-state index contributed by atoms with van der Waals surface area (Å²) in [6.07, 6.45) is 1.36. The topological polar surface area (TPSA) is 150 Å². The lowest BCUT2D eigenvalue weighted by atomic mass is 9.99. The zero-order chi connectivity index (χ0) is 21.3. The number of carbonyl (C=O) groups is 2. The molecular formula is C20H15FN6O3. The van der Waals surface area contributed by atoms with Crippen molar-refractivity contribution in [3.63, 3.8) is 0 Å². The van der Waals surface area contributed by atoms with Crippen molar-refractivity contribution >= 4 is 28.4 Å². The van der Waals surface area contributed by atoms with Gasteiger partial charge in [0.05, 0.1) is 12.1 Å². The van der Waals surface area contributed by atoms with Gasteiger partial charge in [0.1, 0.15) is 11.6 Å². The van der Waals surface area contributed by atoms with Crippen LogP contribution in [0.3, 0.4) is 0 Å². The Morgan fingerprint density at radius 1 is 1.10 bits per heavy atom. The first-order valence-corrected chi connectivity index (χ1v) is 8.77. The number of rotatable bonds is 5. The summed E-state index contributed by atoms with van der Waals surface area (Å²) in [4.78, 5) is 31.5. The predicted octanol–water partition coefficient (Wildman–Crippen LogP) is 2.03. The molecule has 0 unspecified atom stereocenters. The predicted molar refractivity (Wildman–Crippen MR) is 106 cm³/mol. The first-order chi connectivity index (χ1) is 14.4. The van der Waals surface area contributed by atoms with Crippen LogP contribution in [-0.2, 0) is 6.54 Å². The van der Waals surface area contributed by atoms with E-state index in [0.717, 1.165) is 5.56 Å². The summed E-state index contributed by atoms with van der Waals surface area (Å²) >= 11 is 0. The number of hydrogen-bond acceptors (Lipinski definition) is 7. The molecule has 0 aliphatic carbocycles. The van der Waals surface area contributed by atoms with Crippen LogP contribution in [0.2, 0.25) is 0 Å². The van der Waals surface area contributed by atoms with Gasteiger partial charge in [0, 0.05) is 11.6 Å². The van der Waals surface area contributed by atoms with E-state index < -0.39 is 11.8 Å². The van der Waals surface area contributed by atoms with Crippen molar-refractivity contribution < 1.29 is 18.5 Å². The van der Waals surface area contributed by atoms with E-state index in [1.165, 1.54) is 18.3 Å². The number of fused-ring (bicyclic) bond motifs is 1. The van der Waals surface area contributed by atoms with Crippen molar-refractivity contribution in [3.8, 4) is 11.1 Å². The molecule has 9 nitrogen and oxygen atoms in total. The van der Waals surface area contributed by atoms with E-state index in [1.54, 1.807) is 30.3 Å². The summed E-state index contributed by atoms with van der Waals surface area (Å²) in [5.74, 6) is -1.67. The molecule has 2 aromatic heterocycles. The molecule has 4 aromatic rings. The van der Waals surface area contributed by atoms with Crippen LogP contribution in [0.15, 0.2) is 53.2 Å². The molecule has 0 spiro atoms. The molecule has 0 saturated carbocycles. The van der Waals surface area contributed by atoms with E-state index >= 15 is 0 Å². The molecule has 0 fully saturated rings. The molecule has 5 N–H and O–H groups in total. The van der Waals surface area contributed by atoms with Gasteiger partial charge in [0.2, 0.25) is 0 Å². The normalized spacial score (nSPS) is 10.8. The SMILES string of the molecule is NC(=O)c1nc(CNC(=O)c2cnc(N)c3cc(-c4cccc(F)c4)ccc23)no1. The molecule has 2 heterocycles. The number of primary amides is 1. The van der Waals surface area contributed by atoms with Gasteiger partial charge in [0.25, 0.3) is 5.91 Å². The second kappa shape index (κ2) is 7.59. The first kappa shape index (κ1) is 19.0. The molecule has 0 aliphatic heterocycles. The maximum atomic E-state index is 13.6. The smallest absolute Gasteiger partial charge is 0.315 e. The van der Waals surface area contributed by atoms with Crippen molar-refractivity contribution in [2.24, 2.45) is 5.73 Å². The number of nitrogens with two attached hydrogens (primary N) is 2. The second-order valence-corrected chi connectivity index (χ2v) is 6.39. The van der Waals surface area contributed by atoms with Gasteiger partial charge in [-0.25, -0.2) is 9.37 Å². The summed E-state index contributed by atoms with van der Waals surface area (Å²) in [7, 11) is 0. The summed E-state index contributed by atoms with van der Waals surface area (Å²) in [6.45, 7) is -0.0805. The standard InChI is InChI=1S/C20H15FN6O3/c21-12-3-1-2-10(6-12)11-4-5-13-14(7-11)17(22)24-8-15(13)19(29)25-9-16-26-20(18(23)28)30-27-16/h1-8H,9H2,(H2,22,24)(H2,23,28)(H,25,29). The summed E-state index contributed by atoms with van der Waals surface area (Å²) in [5.41, 5.74) is 12.7. The minimum absolute atomic E-state index is 0.0805. The Kier molecular flexibility index (Phi) is 4.80. The first-order valence-electron chi connectivity index (χ1n) is 8.77. The highest BCUT2D eigenvalue weighted by Crippen LogP contribution is 2.29. The maximum Gasteiger partial charge on any atom is 0.315 e. The van der Waals surface area contributed by atoms with Crippen molar-refractivity contribution in [1.29, 1.82) is 0 Å². The van der Waals surface area contributed by atoms with E-state index in [-0.39, 0.29) is 35.5 Å². The van der Waals surface area contributed by atoms with Gasteiger partial charge >= 0.3 is 11.8 Å². The fourth-order valence-corrected chi connectivity index (χ4v) is 2.97. The maximum absolute atomic E-state index is 13.6. The van der Waals surface area contributed by atoms with Gasteiger partial charge < -0.3 is 21.3 Å². The van der Waals surface area contributed by atoms with Crippen LogP contribution in [-0.4, -0.2) is 26.9 Å². The number of amides is 2. The molecule has 150 valence electrons. The molecular weight excluding hydrogens is 391 g/mol. The second-order valence-electron chi connectivity index (χ2n) is 6.39. The lowest BCUT2D eigenvalue weighted by Gasteiger charge is -2.10. The Labute approximate surface area is 168 Å². The molecule has 0 aliphatic rings. The van der Waals surface area contributed by atoms with Crippen molar-refractivity contribution in [1.82, 2.24) is 20.4 Å². The monoisotopic (exact) mass is 406 g/mol. The van der Waals surface area contributed by atoms with E-state index in [9.17, 15) is 14.0 Å². The summed E-state index contributed by atoms with van der Waals surface area (Å²) in [5, 5.41) is 7.32. The third kappa shape index (κ3) is 3.65. The van der Waals surface area contributed by atoms with Crippen LogP contribution in [0.4, 0.5) is 10.2 Å². The Balaban J connectivity index is 1.63. The zero-order valence-electron chi connectivity index (χ0n) is 15.4. The van der Waals surface area contributed by atoms with Gasteiger partial charge in [-0.1, -0.05) is 29.4 Å². The quantitative estimate of drug-likeness (QED) is 0.459. The van der Waals surface area contributed by atoms with E-state index in [2.05, 4.69) is 25.0 Å². The molecule has 0 saturated heterocycles. The van der Waals surface area contributed by atoms with E-state index in [4.69, 9.17) is 11.5 Å². The zero-order valence-corrected chi connectivity index (χ0v) is 15.4. The Morgan fingerprint density at radius 3 is 2.63 bits per heavy atom. The molecule has 2 aromatic carbocycles. The fourth-order valence-electron chi connectivity index (χ4n) is 2.97. The number of benzene rings is 2. The third-order valence-corrected chi connectivity index (χ3v) is 4.41. The lowest BCUT2D eigenvalue weighted by Crippen LogP contribution is -2.24. The van der Waals surface area contributed by atoms with Gasteiger partial charge in [0.15, 0.2) is 5.82 Å². The molecule has 0 radical (unpaired) electrons. The Hall–Kier alpha value is -4.34. The Morgan fingerprint density at radius 2 is 1.90 bits per heavy atom. The van der Waals surface area contributed by atoms with Gasteiger partial charge in [-0.05, 0) is 34.7 Å². The van der Waals surface area contributed by atoms with Gasteiger partial charge in [-0.2, -0.15) is 4.98 Å². The van der Waals surface area contributed by atoms with E-state index in [1.807, 2.05) is 0 Å². The summed E-state index contributed by atoms with van der Waals surface area (Å²) < 4.78 is 18.2. The number of aromatic nitrogens is 3. The van der Waals surface area contributed by atoms with Crippen LogP contribution in [0.5, 0.6) is 0 Å². The number of nitrogen functional groups attached to an aromatic ring is 1. The third-order valence-electron chi connectivity index (χ3n) is 4.41. The number of hydrogen-bond donors (Lipinski definition) is 3. The van der Waals surface area contributed by atoms with Crippen LogP contribution in [0.1, 0.15) is 26.9 Å². The van der Waals surface area contributed by atoms with Crippen LogP contribution >= 0.6 is 0 Å². The minimum Gasteiger partial charge on any atom is -0.383 e. The average Bonchev–Trinajstić information content (AvgIpc) is 3.22. The average molecular weight is 406 g/mol.